The van der Waals surface area contributed by atoms with Gasteiger partial charge in [0.15, 0.2) is 0 Å². The number of aromatic hydroxyl groups is 1. The Balaban J connectivity index is 2.10. The van der Waals surface area contributed by atoms with Crippen molar-refractivity contribution in [3.05, 3.63) is 41.5 Å². The fourth-order valence-corrected chi connectivity index (χ4v) is 2.38. The van der Waals surface area contributed by atoms with Crippen molar-refractivity contribution in [3.8, 4) is 5.75 Å². The first kappa shape index (κ1) is 13.6. The molecule has 19 heavy (non-hydrogen) atoms. The highest BCUT2D eigenvalue weighted by Crippen LogP contribution is 2.25. The molecule has 0 radical (unpaired) electrons. The maximum absolute atomic E-state index is 11.0. The molecule has 102 valence electrons. The largest absolute Gasteiger partial charge is 0.507 e. The van der Waals surface area contributed by atoms with E-state index in [4.69, 9.17) is 5.11 Å². The lowest BCUT2D eigenvalue weighted by Crippen LogP contribution is -2.35. The Bertz CT molecular complexity index is 496. The lowest BCUT2D eigenvalue weighted by molar-refractivity contribution is -0.140. The minimum absolute atomic E-state index is 0.339. The van der Waals surface area contributed by atoms with E-state index in [9.17, 15) is 9.90 Å². The van der Waals surface area contributed by atoms with Crippen LogP contribution in [0.4, 0.5) is 0 Å². The van der Waals surface area contributed by atoms with E-state index in [1.54, 1.807) is 6.08 Å². The van der Waals surface area contributed by atoms with Crippen LogP contribution < -0.4 is 0 Å². The highest BCUT2D eigenvalue weighted by atomic mass is 16.4. The van der Waals surface area contributed by atoms with E-state index < -0.39 is 11.9 Å². The Labute approximate surface area is 113 Å². The molecule has 1 heterocycles. The van der Waals surface area contributed by atoms with E-state index in [2.05, 4.69) is 0 Å². The minimum atomic E-state index is -0.799. The van der Waals surface area contributed by atoms with E-state index >= 15 is 0 Å². The Morgan fingerprint density at radius 2 is 2.16 bits per heavy atom. The first-order valence-electron chi connectivity index (χ1n) is 6.53. The molecule has 4 nitrogen and oxygen atoms in total. The van der Waals surface area contributed by atoms with Crippen LogP contribution in [-0.4, -0.2) is 34.2 Å². The molecule has 0 spiro atoms. The van der Waals surface area contributed by atoms with Crippen molar-refractivity contribution in [3.63, 3.8) is 0 Å². The van der Waals surface area contributed by atoms with Crippen molar-refractivity contribution in [1.82, 2.24) is 4.90 Å². The van der Waals surface area contributed by atoms with Crippen LogP contribution in [0.1, 0.15) is 18.1 Å². The summed E-state index contributed by atoms with van der Waals surface area (Å²) in [4.78, 5) is 13.0. The quantitative estimate of drug-likeness (QED) is 0.814. The summed E-state index contributed by atoms with van der Waals surface area (Å²) in [5, 5.41) is 19.2. The van der Waals surface area contributed by atoms with Gasteiger partial charge in [-0.15, -0.1) is 0 Å². The zero-order valence-electron chi connectivity index (χ0n) is 11.0. The molecule has 4 heteroatoms. The number of hydrogen-bond donors (Lipinski definition) is 2. The summed E-state index contributed by atoms with van der Waals surface area (Å²) in [6.45, 7) is 3.79. The fourth-order valence-electron chi connectivity index (χ4n) is 2.38. The summed E-state index contributed by atoms with van der Waals surface area (Å²) in [5.41, 5.74) is 1.79. The Morgan fingerprint density at radius 1 is 1.42 bits per heavy atom. The van der Waals surface area contributed by atoms with Crippen LogP contribution in [0, 0.1) is 5.92 Å². The van der Waals surface area contributed by atoms with Gasteiger partial charge in [-0.05, 0) is 12.0 Å². The van der Waals surface area contributed by atoms with Gasteiger partial charge < -0.3 is 10.2 Å². The SMILES string of the molecule is CCc1cccc(CN2CC=CC(C(=O)O)C2)c1O. The number of benzene rings is 1. The summed E-state index contributed by atoms with van der Waals surface area (Å²) in [7, 11) is 0. The number of phenolic OH excluding ortho intramolecular Hbond substituents is 1. The second-order valence-electron chi connectivity index (χ2n) is 4.85. The number of rotatable bonds is 4. The number of hydrogen-bond acceptors (Lipinski definition) is 3. The van der Waals surface area contributed by atoms with Crippen LogP contribution in [0.5, 0.6) is 5.75 Å². The number of para-hydroxylation sites is 1. The molecule has 2 N–H and O–H groups in total. The second kappa shape index (κ2) is 5.89. The fraction of sp³-hybridized carbons (Fsp3) is 0.400. The van der Waals surface area contributed by atoms with Gasteiger partial charge in [0.2, 0.25) is 0 Å². The number of carboxylic acid groups (broad SMARTS) is 1. The molecule has 0 fully saturated rings. The predicted molar refractivity (Wildman–Crippen MR) is 73.0 cm³/mol. The summed E-state index contributed by atoms with van der Waals surface area (Å²) in [5.74, 6) is -0.913. The molecule has 0 bridgehead atoms. The molecule has 1 aromatic rings. The van der Waals surface area contributed by atoms with Crippen molar-refractivity contribution in [2.45, 2.75) is 19.9 Å². The molecule has 0 saturated heterocycles. The van der Waals surface area contributed by atoms with Crippen LogP contribution in [0.2, 0.25) is 0 Å². The standard InChI is InChI=1S/C15H19NO3/c1-2-11-5-3-6-12(14(11)17)9-16-8-4-7-13(10-16)15(18)19/h3-7,13,17H,2,8-10H2,1H3,(H,18,19). The van der Waals surface area contributed by atoms with Gasteiger partial charge in [-0.2, -0.15) is 0 Å². The third-order valence-corrected chi connectivity index (χ3v) is 3.48. The molecular formula is C15H19NO3. The molecule has 1 aliphatic heterocycles. The number of phenols is 1. The monoisotopic (exact) mass is 261 g/mol. The average Bonchev–Trinajstić information content (AvgIpc) is 2.41. The van der Waals surface area contributed by atoms with Crippen molar-refractivity contribution < 1.29 is 15.0 Å². The van der Waals surface area contributed by atoms with Gasteiger partial charge in [-0.1, -0.05) is 37.3 Å². The normalized spacial score (nSPS) is 19.5. The molecule has 1 aromatic carbocycles. The van der Waals surface area contributed by atoms with Crippen LogP contribution in [0.25, 0.3) is 0 Å². The third-order valence-electron chi connectivity index (χ3n) is 3.48. The zero-order valence-corrected chi connectivity index (χ0v) is 11.0. The van der Waals surface area contributed by atoms with Gasteiger partial charge >= 0.3 is 5.97 Å². The van der Waals surface area contributed by atoms with Gasteiger partial charge in [0, 0.05) is 25.2 Å². The Morgan fingerprint density at radius 3 is 2.84 bits per heavy atom. The van der Waals surface area contributed by atoms with Crippen molar-refractivity contribution in [2.24, 2.45) is 5.92 Å². The van der Waals surface area contributed by atoms with Crippen LogP contribution in [-0.2, 0) is 17.8 Å². The van der Waals surface area contributed by atoms with Crippen LogP contribution in [0.15, 0.2) is 30.4 Å². The first-order chi connectivity index (χ1) is 9.11. The molecule has 1 atom stereocenters. The lowest BCUT2D eigenvalue weighted by atomic mass is 10.0. The summed E-state index contributed by atoms with van der Waals surface area (Å²) < 4.78 is 0. The van der Waals surface area contributed by atoms with Gasteiger partial charge in [0.1, 0.15) is 5.75 Å². The third kappa shape index (κ3) is 3.15. The van der Waals surface area contributed by atoms with Crippen molar-refractivity contribution in [1.29, 1.82) is 0 Å². The minimum Gasteiger partial charge on any atom is -0.507 e. The molecular weight excluding hydrogens is 242 g/mol. The maximum Gasteiger partial charge on any atom is 0.311 e. The van der Waals surface area contributed by atoms with E-state index in [-0.39, 0.29) is 0 Å². The number of aryl methyl sites for hydroxylation is 1. The summed E-state index contributed by atoms with van der Waals surface area (Å²) >= 11 is 0. The van der Waals surface area contributed by atoms with Gasteiger partial charge in [-0.25, -0.2) is 0 Å². The van der Waals surface area contributed by atoms with Gasteiger partial charge in [-0.3, -0.25) is 9.69 Å². The molecule has 0 saturated carbocycles. The van der Waals surface area contributed by atoms with Gasteiger partial charge in [0.25, 0.3) is 0 Å². The second-order valence-corrected chi connectivity index (χ2v) is 4.85. The molecule has 2 rings (SSSR count). The van der Waals surface area contributed by atoms with Crippen LogP contribution in [0.3, 0.4) is 0 Å². The Hall–Kier alpha value is -1.81. The van der Waals surface area contributed by atoms with Crippen LogP contribution >= 0.6 is 0 Å². The zero-order chi connectivity index (χ0) is 13.8. The van der Waals surface area contributed by atoms with Crippen molar-refractivity contribution in [2.75, 3.05) is 13.1 Å². The summed E-state index contributed by atoms with van der Waals surface area (Å²) in [6.07, 6.45) is 4.40. The highest BCUT2D eigenvalue weighted by Gasteiger charge is 2.22. The number of aliphatic carboxylic acids is 1. The molecule has 0 aromatic heterocycles. The molecule has 0 amide bonds. The predicted octanol–water partition coefficient (Wildman–Crippen LogP) is 2.03. The summed E-state index contributed by atoms with van der Waals surface area (Å²) in [6, 6.07) is 5.74. The Kier molecular flexibility index (Phi) is 4.22. The topological polar surface area (TPSA) is 60.8 Å². The van der Waals surface area contributed by atoms with E-state index in [1.165, 1.54) is 0 Å². The number of carbonyl (C=O) groups is 1. The molecule has 1 unspecified atom stereocenters. The van der Waals surface area contributed by atoms with E-state index in [0.717, 1.165) is 24.1 Å². The maximum atomic E-state index is 11.0. The van der Waals surface area contributed by atoms with E-state index in [0.29, 0.717) is 18.8 Å². The average molecular weight is 261 g/mol. The molecule has 1 aliphatic rings. The smallest absolute Gasteiger partial charge is 0.311 e. The molecule has 0 aliphatic carbocycles. The van der Waals surface area contributed by atoms with Gasteiger partial charge in [0.05, 0.1) is 5.92 Å². The highest BCUT2D eigenvalue weighted by molar-refractivity contribution is 5.72. The number of nitrogens with zero attached hydrogens (tertiary/aromatic N) is 1. The van der Waals surface area contributed by atoms with E-state index in [1.807, 2.05) is 36.1 Å². The lowest BCUT2D eigenvalue weighted by Gasteiger charge is -2.27. The van der Waals surface area contributed by atoms with Crippen molar-refractivity contribution >= 4 is 5.97 Å². The number of carboxylic acids is 1. The first-order valence-corrected chi connectivity index (χ1v) is 6.53.